The first-order valence-corrected chi connectivity index (χ1v) is 20.8. The van der Waals surface area contributed by atoms with Gasteiger partial charge in [0.2, 0.25) is 5.91 Å². The maximum absolute atomic E-state index is 15.2. The van der Waals surface area contributed by atoms with Crippen LogP contribution in [0.15, 0.2) is 36.4 Å². The Kier molecular flexibility index (Phi) is 8.27. The molecule has 2 bridgehead atoms. The van der Waals surface area contributed by atoms with Gasteiger partial charge in [-0.25, -0.2) is 4.72 Å². The minimum absolute atomic E-state index is 0.0748. The van der Waals surface area contributed by atoms with Crippen LogP contribution in [-0.4, -0.2) is 91.3 Å². The fraction of sp³-hybridized carbons (Fsp3) is 0.600. The molecule has 5 heterocycles. The van der Waals surface area contributed by atoms with Crippen LogP contribution in [0.1, 0.15) is 110 Å². The third kappa shape index (κ3) is 5.52. The zero-order valence-corrected chi connectivity index (χ0v) is 30.8. The van der Waals surface area contributed by atoms with E-state index >= 15 is 4.79 Å². The number of aromatic nitrogens is 1. The molecule has 5 fully saturated rings. The highest BCUT2D eigenvalue weighted by Crippen LogP contribution is 2.66. The van der Waals surface area contributed by atoms with Gasteiger partial charge >= 0.3 is 10.2 Å². The zero-order valence-electron chi connectivity index (χ0n) is 30.0. The van der Waals surface area contributed by atoms with E-state index in [4.69, 9.17) is 4.74 Å². The highest BCUT2D eigenvalue weighted by Gasteiger charge is 2.65. The zero-order chi connectivity index (χ0) is 35.1. The van der Waals surface area contributed by atoms with Crippen molar-refractivity contribution in [1.29, 1.82) is 0 Å². The van der Waals surface area contributed by atoms with E-state index in [9.17, 15) is 13.2 Å². The van der Waals surface area contributed by atoms with Gasteiger partial charge in [0.1, 0.15) is 5.75 Å². The molecule has 0 radical (unpaired) electrons. The number of benzene rings is 2. The van der Waals surface area contributed by atoms with Crippen LogP contribution in [0.4, 0.5) is 0 Å². The number of fused-ring (bicyclic) bond motifs is 9. The Morgan fingerprint density at radius 1 is 0.882 bits per heavy atom. The molecular formula is C40H51N5O5S. The normalized spacial score (nSPS) is 28.4. The summed E-state index contributed by atoms with van der Waals surface area (Å²) in [5, 5.41) is 1.10. The summed E-state index contributed by atoms with van der Waals surface area (Å²) in [6.07, 6.45) is 12.4. The van der Waals surface area contributed by atoms with Crippen molar-refractivity contribution in [1.82, 2.24) is 23.4 Å². The van der Waals surface area contributed by atoms with Crippen molar-refractivity contribution in [2.45, 2.75) is 108 Å². The summed E-state index contributed by atoms with van der Waals surface area (Å²) < 4.78 is 38.4. The van der Waals surface area contributed by atoms with Gasteiger partial charge in [-0.3, -0.25) is 9.59 Å². The van der Waals surface area contributed by atoms with Crippen LogP contribution in [0.3, 0.4) is 0 Å². The van der Waals surface area contributed by atoms with Crippen LogP contribution in [0.5, 0.6) is 5.75 Å². The van der Waals surface area contributed by atoms with Crippen molar-refractivity contribution < 1.29 is 22.7 Å². The summed E-state index contributed by atoms with van der Waals surface area (Å²) in [7, 11) is -0.0686. The Balaban J connectivity index is 1.19. The molecule has 272 valence electrons. The van der Waals surface area contributed by atoms with Crippen LogP contribution in [-0.2, 0) is 21.5 Å². The smallest absolute Gasteiger partial charge is 0.304 e. The molecule has 10 nitrogen and oxygen atoms in total. The standard InChI is InChI=1S/C40H51N5O5S/c1-42-23-28-12-9-13-29(24-42)45(28)39(47)40-22-34(40)33-21-30(50-2)15-17-31(33)37-36(26-10-5-3-6-11-26)32-16-14-27(20-35(32)44(37)25-40)38(46)41-51(48,49)43-18-7-4-8-19-43/h14-17,20-21,26,28-29,34H,3-13,18-19,22-25H2,1-2H3,(H,41,46). The van der Waals surface area contributed by atoms with Gasteiger partial charge in [0.25, 0.3) is 5.91 Å². The molecule has 2 aliphatic carbocycles. The Morgan fingerprint density at radius 3 is 2.33 bits per heavy atom. The number of carbonyl (C=O) groups excluding carboxylic acids is 2. The molecule has 1 N–H and O–H groups in total. The quantitative estimate of drug-likeness (QED) is 0.336. The average Bonchev–Trinajstić information content (AvgIpc) is 3.81. The van der Waals surface area contributed by atoms with Gasteiger partial charge in [-0.15, -0.1) is 0 Å². The number of hydrogen-bond donors (Lipinski definition) is 1. The highest BCUT2D eigenvalue weighted by atomic mass is 32.2. The molecular weight excluding hydrogens is 663 g/mol. The van der Waals surface area contributed by atoms with Crippen LogP contribution >= 0.6 is 0 Å². The van der Waals surface area contributed by atoms with Crippen molar-refractivity contribution in [3.05, 3.63) is 53.1 Å². The molecule has 4 unspecified atom stereocenters. The van der Waals surface area contributed by atoms with Crippen LogP contribution in [0.25, 0.3) is 22.2 Å². The summed E-state index contributed by atoms with van der Waals surface area (Å²) in [6, 6.07) is 12.6. The number of hydrogen-bond acceptors (Lipinski definition) is 6. The molecule has 4 aliphatic heterocycles. The van der Waals surface area contributed by atoms with Gasteiger partial charge in [-0.05, 0) is 106 Å². The lowest BCUT2D eigenvalue weighted by molar-refractivity contribution is -0.149. The number of amides is 2. The number of carbonyl (C=O) groups is 2. The number of rotatable bonds is 6. The van der Waals surface area contributed by atoms with Crippen molar-refractivity contribution in [3.8, 4) is 17.0 Å². The van der Waals surface area contributed by atoms with Gasteiger partial charge in [0.05, 0.1) is 18.2 Å². The van der Waals surface area contributed by atoms with E-state index in [0.717, 1.165) is 92.4 Å². The Hall–Kier alpha value is -3.41. The lowest BCUT2D eigenvalue weighted by atomic mass is 9.81. The molecule has 2 saturated carbocycles. The predicted molar refractivity (Wildman–Crippen MR) is 197 cm³/mol. The van der Waals surface area contributed by atoms with Crippen LogP contribution in [0.2, 0.25) is 0 Å². The maximum atomic E-state index is 15.2. The van der Waals surface area contributed by atoms with E-state index in [1.165, 1.54) is 41.1 Å². The maximum Gasteiger partial charge on any atom is 0.304 e. The number of piperidine rings is 2. The summed E-state index contributed by atoms with van der Waals surface area (Å²) in [4.78, 5) is 33.6. The van der Waals surface area contributed by atoms with Gasteiger partial charge in [-0.1, -0.05) is 31.7 Å². The molecule has 2 aromatic carbocycles. The van der Waals surface area contributed by atoms with Gasteiger partial charge < -0.3 is 19.1 Å². The Morgan fingerprint density at radius 2 is 1.61 bits per heavy atom. The number of likely N-dealkylation sites (tertiary alicyclic amines) is 1. The first-order valence-electron chi connectivity index (χ1n) is 19.4. The minimum atomic E-state index is -3.95. The van der Waals surface area contributed by atoms with Crippen molar-refractivity contribution in [2.24, 2.45) is 5.41 Å². The predicted octanol–water partition coefficient (Wildman–Crippen LogP) is 6.01. The van der Waals surface area contributed by atoms with E-state index in [2.05, 4.69) is 38.3 Å². The van der Waals surface area contributed by atoms with Gasteiger partial charge in [-0.2, -0.15) is 12.7 Å². The average molecular weight is 714 g/mol. The second-order valence-corrected chi connectivity index (χ2v) is 18.0. The first-order chi connectivity index (χ1) is 24.7. The van der Waals surface area contributed by atoms with Crippen molar-refractivity contribution in [2.75, 3.05) is 40.3 Å². The second kappa shape index (κ2) is 12.6. The SMILES string of the molecule is COc1ccc2c(c1)C1CC1(C(=O)N1C3CCCC1CN(C)C3)Cn1c-2c(C2CCCCC2)c2ccc(C(=O)NS(=O)(=O)N3CCCCC3)cc21. The molecule has 4 atom stereocenters. The summed E-state index contributed by atoms with van der Waals surface area (Å²) in [6.45, 7) is 3.21. The molecule has 3 saturated heterocycles. The largest absolute Gasteiger partial charge is 0.497 e. The van der Waals surface area contributed by atoms with E-state index in [0.29, 0.717) is 31.1 Å². The summed E-state index contributed by atoms with van der Waals surface area (Å²) in [5.74, 6) is 0.905. The van der Waals surface area contributed by atoms with E-state index in [-0.39, 0.29) is 23.9 Å². The second-order valence-electron chi connectivity index (χ2n) is 16.3. The number of ether oxygens (including phenoxy) is 1. The van der Waals surface area contributed by atoms with Crippen molar-refractivity contribution >= 4 is 32.9 Å². The molecule has 11 heteroatoms. The summed E-state index contributed by atoms with van der Waals surface area (Å²) >= 11 is 0. The van der Waals surface area contributed by atoms with E-state index in [1.807, 2.05) is 18.2 Å². The number of nitrogens with zero attached hydrogens (tertiary/aromatic N) is 4. The third-order valence-electron chi connectivity index (χ3n) is 13.2. The van der Waals surface area contributed by atoms with Crippen molar-refractivity contribution in [3.63, 3.8) is 0 Å². The number of nitrogens with one attached hydrogen (secondary N) is 1. The molecule has 6 aliphatic rings. The first kappa shape index (κ1) is 33.4. The molecule has 51 heavy (non-hydrogen) atoms. The topological polar surface area (TPSA) is 104 Å². The lowest BCUT2D eigenvalue weighted by Crippen LogP contribution is -2.63. The highest BCUT2D eigenvalue weighted by molar-refractivity contribution is 7.87. The molecule has 1 aromatic heterocycles. The Bertz CT molecular complexity index is 1980. The Labute approximate surface area is 301 Å². The molecule has 0 spiro atoms. The van der Waals surface area contributed by atoms with E-state index < -0.39 is 21.5 Å². The number of piperazine rings is 1. The van der Waals surface area contributed by atoms with Crippen LogP contribution in [0, 0.1) is 5.41 Å². The molecule has 3 aromatic rings. The van der Waals surface area contributed by atoms with Gasteiger partial charge in [0.15, 0.2) is 0 Å². The molecule has 2 amide bonds. The third-order valence-corrected chi connectivity index (χ3v) is 14.7. The fourth-order valence-electron chi connectivity index (χ4n) is 10.7. The van der Waals surface area contributed by atoms with Gasteiger partial charge in [0, 0.05) is 72.8 Å². The van der Waals surface area contributed by atoms with Crippen LogP contribution < -0.4 is 9.46 Å². The summed E-state index contributed by atoms with van der Waals surface area (Å²) in [5.41, 5.74) is 5.44. The van der Waals surface area contributed by atoms with E-state index in [1.54, 1.807) is 13.2 Å². The molecule has 9 rings (SSSR count). The lowest BCUT2D eigenvalue weighted by Gasteiger charge is -2.50. The fourth-order valence-corrected chi connectivity index (χ4v) is 11.9. The minimum Gasteiger partial charge on any atom is -0.497 e. The number of methoxy groups -OCH3 is 1. The number of likely N-dealkylation sites (N-methyl/N-ethyl adjacent to an activating group) is 1. The monoisotopic (exact) mass is 713 g/mol.